The second kappa shape index (κ2) is 5.95. The van der Waals surface area contributed by atoms with Crippen molar-refractivity contribution in [2.75, 3.05) is 13.1 Å². The van der Waals surface area contributed by atoms with Crippen LogP contribution in [0.2, 0.25) is 10.0 Å². The van der Waals surface area contributed by atoms with Gasteiger partial charge in [-0.05, 0) is 36.2 Å². The smallest absolute Gasteiger partial charge is 0.254 e. The number of aliphatic imine (C=N–C) groups is 1. The molecule has 1 aromatic rings. The van der Waals surface area contributed by atoms with Gasteiger partial charge in [-0.1, -0.05) is 29.8 Å². The molecule has 0 spiro atoms. The lowest BCUT2D eigenvalue weighted by Gasteiger charge is -2.32. The maximum atomic E-state index is 12.6. The van der Waals surface area contributed by atoms with Gasteiger partial charge in [-0.2, -0.15) is 0 Å². The molecule has 2 heterocycles. The first-order valence-corrected chi connectivity index (χ1v) is 7.76. The molecule has 22 heavy (non-hydrogen) atoms. The number of nitrogens with one attached hydrogen (secondary N) is 1. The summed E-state index contributed by atoms with van der Waals surface area (Å²) in [6.45, 7) is 4.91. The number of hydrogen-bond acceptors (Lipinski definition) is 3. The normalized spacial score (nSPS) is 17.9. The van der Waals surface area contributed by atoms with Crippen LogP contribution < -0.4 is 5.32 Å². The molecule has 0 fully saturated rings. The van der Waals surface area contributed by atoms with Gasteiger partial charge in [0.1, 0.15) is 0 Å². The van der Waals surface area contributed by atoms with Crippen LogP contribution >= 0.6 is 34.8 Å². The number of amides is 1. The van der Waals surface area contributed by atoms with Crippen LogP contribution in [0, 0.1) is 0 Å². The lowest BCUT2D eigenvalue weighted by Crippen LogP contribution is -2.39. The third-order valence-corrected chi connectivity index (χ3v) is 4.54. The van der Waals surface area contributed by atoms with Gasteiger partial charge in [0.25, 0.3) is 5.91 Å². The van der Waals surface area contributed by atoms with E-state index in [4.69, 9.17) is 34.8 Å². The minimum Gasteiger partial charge on any atom is -0.332 e. The molecule has 2 aliphatic heterocycles. The third-order valence-electron chi connectivity index (χ3n) is 3.63. The highest BCUT2D eigenvalue weighted by Crippen LogP contribution is 2.28. The number of nitrogens with zero attached hydrogens (tertiary/aromatic N) is 2. The first-order chi connectivity index (χ1) is 10.5. The Morgan fingerprint density at radius 2 is 2.05 bits per heavy atom. The molecular weight excluding hydrogens is 345 g/mol. The van der Waals surface area contributed by atoms with Gasteiger partial charge in [0, 0.05) is 23.4 Å². The third kappa shape index (κ3) is 2.86. The highest BCUT2D eigenvalue weighted by Gasteiger charge is 2.27. The number of halogens is 3. The number of hydrogen-bond donors (Lipinski definition) is 1. The molecule has 0 bridgehead atoms. The van der Waals surface area contributed by atoms with E-state index in [1.165, 1.54) is 0 Å². The molecule has 1 amide bonds. The van der Waals surface area contributed by atoms with Crippen LogP contribution in [0.25, 0.3) is 0 Å². The second-order valence-corrected chi connectivity index (χ2v) is 6.21. The van der Waals surface area contributed by atoms with E-state index < -0.39 is 0 Å². The molecule has 1 aromatic carbocycles. The van der Waals surface area contributed by atoms with Gasteiger partial charge in [-0.25, -0.2) is 4.99 Å². The first-order valence-electron chi connectivity index (χ1n) is 6.62. The van der Waals surface area contributed by atoms with E-state index in [1.807, 2.05) is 0 Å². The van der Waals surface area contributed by atoms with E-state index >= 15 is 0 Å². The van der Waals surface area contributed by atoms with Crippen LogP contribution in [0.15, 0.2) is 46.7 Å². The quantitative estimate of drug-likeness (QED) is 0.778. The van der Waals surface area contributed by atoms with E-state index in [1.54, 1.807) is 23.1 Å². The summed E-state index contributed by atoms with van der Waals surface area (Å²) in [7, 11) is 0. The predicted molar refractivity (Wildman–Crippen MR) is 89.6 cm³/mol. The van der Waals surface area contributed by atoms with Gasteiger partial charge >= 0.3 is 0 Å². The van der Waals surface area contributed by atoms with Gasteiger partial charge in [-0.15, -0.1) is 0 Å². The Kier molecular flexibility index (Phi) is 4.17. The average molecular weight is 357 g/mol. The van der Waals surface area contributed by atoms with E-state index in [-0.39, 0.29) is 11.2 Å². The Morgan fingerprint density at radius 3 is 2.77 bits per heavy atom. The van der Waals surface area contributed by atoms with Crippen molar-refractivity contribution in [1.82, 2.24) is 10.2 Å². The topological polar surface area (TPSA) is 44.7 Å². The zero-order chi connectivity index (χ0) is 15.9. The van der Waals surface area contributed by atoms with Crippen molar-refractivity contribution in [2.24, 2.45) is 4.99 Å². The monoisotopic (exact) mass is 355 g/mol. The number of benzene rings is 1. The summed E-state index contributed by atoms with van der Waals surface area (Å²) in [4.78, 5) is 18.6. The minimum absolute atomic E-state index is 0.111. The molecule has 0 radical (unpaired) electrons. The first kappa shape index (κ1) is 15.4. The summed E-state index contributed by atoms with van der Waals surface area (Å²) >= 11 is 17.8. The van der Waals surface area contributed by atoms with Gasteiger partial charge < -0.3 is 10.2 Å². The van der Waals surface area contributed by atoms with E-state index in [0.717, 1.165) is 17.0 Å². The van der Waals surface area contributed by atoms with Crippen molar-refractivity contribution in [3.8, 4) is 0 Å². The molecule has 0 aliphatic carbocycles. The predicted octanol–water partition coefficient (Wildman–Crippen LogP) is 3.81. The molecule has 7 heteroatoms. The van der Waals surface area contributed by atoms with Crippen molar-refractivity contribution in [1.29, 1.82) is 0 Å². The summed E-state index contributed by atoms with van der Waals surface area (Å²) in [6, 6.07) is 4.86. The van der Waals surface area contributed by atoms with Crippen molar-refractivity contribution in [3.63, 3.8) is 0 Å². The molecule has 114 valence electrons. The lowest BCUT2D eigenvalue weighted by atomic mass is 10.0. The Labute approximate surface area is 143 Å². The standard InChI is InChI=1S/C15H12Cl3N3O/c1-8-10-4-5-21(7-13(10)20-15(18)19-8)14(22)9-2-3-11(16)12(17)6-9/h2-3,6H,1,4-5,7H2,(H,19,20). The Hall–Kier alpha value is -1.49. The molecule has 0 saturated heterocycles. The average Bonchev–Trinajstić information content (AvgIpc) is 2.48. The number of rotatable bonds is 1. The van der Waals surface area contributed by atoms with Crippen molar-refractivity contribution in [3.05, 3.63) is 57.4 Å². The van der Waals surface area contributed by atoms with Gasteiger partial charge in [0.15, 0.2) is 0 Å². The summed E-state index contributed by atoms with van der Waals surface area (Å²) < 4.78 is 0. The van der Waals surface area contributed by atoms with E-state index in [0.29, 0.717) is 35.1 Å². The van der Waals surface area contributed by atoms with Crippen LogP contribution in [-0.4, -0.2) is 29.2 Å². The van der Waals surface area contributed by atoms with E-state index in [2.05, 4.69) is 16.9 Å². The fourth-order valence-corrected chi connectivity index (χ4v) is 3.02. The maximum absolute atomic E-state index is 12.6. The summed E-state index contributed by atoms with van der Waals surface area (Å²) in [6.07, 6.45) is 0.682. The Balaban J connectivity index is 1.84. The number of carbonyl (C=O) groups excluding carboxylic acids is 1. The molecule has 0 unspecified atom stereocenters. The number of carbonyl (C=O) groups is 1. The summed E-state index contributed by atoms with van der Waals surface area (Å²) in [5.74, 6) is -0.111. The SMILES string of the molecule is C=C1NC(Cl)=NC2=C1CCN(C(=O)c1ccc(Cl)c(Cl)c1)C2. The highest BCUT2D eigenvalue weighted by atomic mass is 35.5. The molecule has 0 saturated carbocycles. The van der Waals surface area contributed by atoms with Gasteiger partial charge in [0.2, 0.25) is 5.29 Å². The lowest BCUT2D eigenvalue weighted by molar-refractivity contribution is 0.0763. The van der Waals surface area contributed by atoms with Crippen LogP contribution in [-0.2, 0) is 0 Å². The van der Waals surface area contributed by atoms with Crippen molar-refractivity contribution < 1.29 is 4.79 Å². The Bertz CT molecular complexity index is 740. The number of amidine groups is 1. The molecule has 4 nitrogen and oxygen atoms in total. The zero-order valence-corrected chi connectivity index (χ0v) is 13.8. The van der Waals surface area contributed by atoms with Crippen LogP contribution in [0.5, 0.6) is 0 Å². The zero-order valence-electron chi connectivity index (χ0n) is 11.5. The van der Waals surface area contributed by atoms with Gasteiger partial charge in [-0.3, -0.25) is 4.79 Å². The van der Waals surface area contributed by atoms with Gasteiger partial charge in [0.05, 0.1) is 22.3 Å². The van der Waals surface area contributed by atoms with Crippen LogP contribution in [0.1, 0.15) is 16.8 Å². The fraction of sp³-hybridized carbons (Fsp3) is 0.200. The fourth-order valence-electron chi connectivity index (χ4n) is 2.51. The van der Waals surface area contributed by atoms with E-state index in [9.17, 15) is 4.79 Å². The maximum Gasteiger partial charge on any atom is 0.254 e. The minimum atomic E-state index is -0.111. The van der Waals surface area contributed by atoms with Crippen molar-refractivity contribution in [2.45, 2.75) is 6.42 Å². The molecule has 0 aromatic heterocycles. The summed E-state index contributed by atoms with van der Waals surface area (Å²) in [5, 5.41) is 3.95. The Morgan fingerprint density at radius 1 is 1.27 bits per heavy atom. The van der Waals surface area contributed by atoms with Crippen LogP contribution in [0.4, 0.5) is 0 Å². The molecule has 0 atom stereocenters. The molecule has 2 aliphatic rings. The molecule has 3 rings (SSSR count). The number of allylic oxidation sites excluding steroid dienone is 1. The largest absolute Gasteiger partial charge is 0.332 e. The second-order valence-electron chi connectivity index (χ2n) is 5.04. The molecule has 1 N–H and O–H groups in total. The van der Waals surface area contributed by atoms with Crippen molar-refractivity contribution >= 4 is 46.0 Å². The molecular formula is C15H12Cl3N3O. The highest BCUT2D eigenvalue weighted by molar-refractivity contribution is 6.65. The van der Waals surface area contributed by atoms with Crippen LogP contribution in [0.3, 0.4) is 0 Å². The summed E-state index contributed by atoms with van der Waals surface area (Å²) in [5.41, 5.74) is 3.04.